The zero-order valence-electron chi connectivity index (χ0n) is 15.3. The molecule has 0 radical (unpaired) electrons. The van der Waals surface area contributed by atoms with Gasteiger partial charge in [0.15, 0.2) is 0 Å². The summed E-state index contributed by atoms with van der Waals surface area (Å²) in [4.78, 5) is 18.5. The molecule has 3 rings (SSSR count). The van der Waals surface area contributed by atoms with Crippen LogP contribution in [0.3, 0.4) is 0 Å². The molecule has 1 aromatic heterocycles. The summed E-state index contributed by atoms with van der Waals surface area (Å²) < 4.78 is 10.4. The Kier molecular flexibility index (Phi) is 5.02. The van der Waals surface area contributed by atoms with Gasteiger partial charge in [0.05, 0.1) is 7.11 Å². The Balaban J connectivity index is 1.73. The largest absolute Gasteiger partial charge is 0.497 e. The lowest BCUT2D eigenvalue weighted by molar-refractivity contribution is -0.118. The number of carbonyl (C=O) groups excluding carboxylic acids is 1. The molecule has 0 fully saturated rings. The third kappa shape index (κ3) is 3.74. The van der Waals surface area contributed by atoms with Crippen molar-refractivity contribution in [2.75, 3.05) is 19.1 Å². The van der Waals surface area contributed by atoms with Crippen LogP contribution in [0.5, 0.6) is 5.75 Å². The van der Waals surface area contributed by atoms with Crippen LogP contribution < -0.4 is 9.64 Å². The van der Waals surface area contributed by atoms with Gasteiger partial charge in [-0.1, -0.05) is 17.3 Å². The summed E-state index contributed by atoms with van der Waals surface area (Å²) in [6.07, 6.45) is 0.0486. The van der Waals surface area contributed by atoms with Gasteiger partial charge in [-0.05, 0) is 55.3 Å². The molecule has 0 saturated heterocycles. The molecule has 0 saturated carbocycles. The fourth-order valence-electron chi connectivity index (χ4n) is 2.65. The van der Waals surface area contributed by atoms with E-state index in [-0.39, 0.29) is 18.2 Å². The van der Waals surface area contributed by atoms with Crippen molar-refractivity contribution in [1.82, 2.24) is 10.1 Å². The molecule has 0 atom stereocenters. The molecule has 0 spiro atoms. The Hall–Kier alpha value is -3.15. The Morgan fingerprint density at radius 1 is 1.15 bits per heavy atom. The van der Waals surface area contributed by atoms with Gasteiger partial charge < -0.3 is 14.2 Å². The van der Waals surface area contributed by atoms with Gasteiger partial charge in [0.1, 0.15) is 12.2 Å². The fraction of sp³-hybridized carbons (Fsp3) is 0.250. The third-order valence-electron chi connectivity index (χ3n) is 4.22. The van der Waals surface area contributed by atoms with Crippen LogP contribution in [-0.4, -0.2) is 30.2 Å². The smallest absolute Gasteiger partial charge is 0.236 e. The highest BCUT2D eigenvalue weighted by Gasteiger charge is 2.18. The van der Waals surface area contributed by atoms with E-state index in [4.69, 9.17) is 9.26 Å². The van der Waals surface area contributed by atoms with Crippen molar-refractivity contribution in [3.05, 3.63) is 59.5 Å². The standard InChI is InChI=1S/C20H21N3O3/c1-13-5-6-14(2)17(11-13)23(3)19(24)12-18-21-20(22-26-18)15-7-9-16(25-4)10-8-15/h5-11H,12H2,1-4H3. The normalized spacial score (nSPS) is 10.6. The van der Waals surface area contributed by atoms with Crippen LogP contribution in [0.15, 0.2) is 47.0 Å². The quantitative estimate of drug-likeness (QED) is 0.703. The van der Waals surface area contributed by atoms with E-state index in [2.05, 4.69) is 10.1 Å². The van der Waals surface area contributed by atoms with E-state index in [9.17, 15) is 4.79 Å². The first-order chi connectivity index (χ1) is 12.5. The number of rotatable bonds is 5. The number of methoxy groups -OCH3 is 1. The molecule has 0 aliphatic rings. The second kappa shape index (κ2) is 7.39. The number of aryl methyl sites for hydroxylation is 2. The number of hydrogen-bond acceptors (Lipinski definition) is 5. The van der Waals surface area contributed by atoms with Gasteiger partial charge >= 0.3 is 0 Å². The molecule has 6 heteroatoms. The zero-order chi connectivity index (χ0) is 18.7. The van der Waals surface area contributed by atoms with E-state index < -0.39 is 0 Å². The molecule has 6 nitrogen and oxygen atoms in total. The van der Waals surface area contributed by atoms with Crippen LogP contribution >= 0.6 is 0 Å². The van der Waals surface area contributed by atoms with E-state index in [1.54, 1.807) is 19.1 Å². The first kappa shape index (κ1) is 17.7. The van der Waals surface area contributed by atoms with E-state index in [0.29, 0.717) is 5.82 Å². The number of carbonyl (C=O) groups is 1. The van der Waals surface area contributed by atoms with Gasteiger partial charge in [0.2, 0.25) is 17.6 Å². The zero-order valence-corrected chi connectivity index (χ0v) is 15.3. The second-order valence-electron chi connectivity index (χ2n) is 6.16. The lowest BCUT2D eigenvalue weighted by Gasteiger charge is -2.19. The number of ether oxygens (including phenoxy) is 1. The van der Waals surface area contributed by atoms with Crippen molar-refractivity contribution in [3.63, 3.8) is 0 Å². The number of likely N-dealkylation sites (N-methyl/N-ethyl adjacent to an activating group) is 1. The second-order valence-corrected chi connectivity index (χ2v) is 6.16. The Morgan fingerprint density at radius 3 is 2.58 bits per heavy atom. The summed E-state index contributed by atoms with van der Waals surface area (Å²) in [5, 5.41) is 3.96. The number of amides is 1. The van der Waals surface area contributed by atoms with Crippen molar-refractivity contribution in [2.24, 2.45) is 0 Å². The van der Waals surface area contributed by atoms with Crippen LogP contribution in [0.25, 0.3) is 11.4 Å². The summed E-state index contributed by atoms with van der Waals surface area (Å²) in [6.45, 7) is 3.98. The Labute approximate surface area is 152 Å². The molecular weight excluding hydrogens is 330 g/mol. The summed E-state index contributed by atoms with van der Waals surface area (Å²) in [6, 6.07) is 13.4. The number of nitrogens with zero attached hydrogens (tertiary/aromatic N) is 3. The maximum absolute atomic E-state index is 12.6. The van der Waals surface area contributed by atoms with Crippen molar-refractivity contribution in [1.29, 1.82) is 0 Å². The minimum absolute atomic E-state index is 0.0486. The van der Waals surface area contributed by atoms with Crippen molar-refractivity contribution >= 4 is 11.6 Å². The number of anilines is 1. The molecule has 2 aromatic carbocycles. The SMILES string of the molecule is COc1ccc(-c2noc(CC(=O)N(C)c3cc(C)ccc3C)n2)cc1. The van der Waals surface area contributed by atoms with Crippen LogP contribution in [-0.2, 0) is 11.2 Å². The van der Waals surface area contributed by atoms with E-state index in [1.807, 2.05) is 56.3 Å². The van der Waals surface area contributed by atoms with Gasteiger partial charge in [-0.3, -0.25) is 4.79 Å². The lowest BCUT2D eigenvalue weighted by Crippen LogP contribution is -2.28. The first-order valence-electron chi connectivity index (χ1n) is 8.28. The van der Waals surface area contributed by atoms with Crippen LogP contribution in [0, 0.1) is 13.8 Å². The average Bonchev–Trinajstić information content (AvgIpc) is 3.11. The monoisotopic (exact) mass is 351 g/mol. The molecule has 1 amide bonds. The maximum atomic E-state index is 12.6. The first-order valence-corrected chi connectivity index (χ1v) is 8.28. The summed E-state index contributed by atoms with van der Waals surface area (Å²) >= 11 is 0. The topological polar surface area (TPSA) is 68.5 Å². The van der Waals surface area contributed by atoms with Gasteiger partial charge in [-0.15, -0.1) is 0 Å². The van der Waals surface area contributed by atoms with Crippen LogP contribution in [0.4, 0.5) is 5.69 Å². The van der Waals surface area contributed by atoms with E-state index >= 15 is 0 Å². The van der Waals surface area contributed by atoms with Crippen molar-refractivity contribution < 1.29 is 14.1 Å². The Morgan fingerprint density at radius 2 is 1.88 bits per heavy atom. The summed E-state index contributed by atoms with van der Waals surface area (Å²) in [7, 11) is 3.37. The number of hydrogen-bond donors (Lipinski definition) is 0. The highest BCUT2D eigenvalue weighted by Crippen LogP contribution is 2.22. The van der Waals surface area contributed by atoms with Gasteiger partial charge in [-0.25, -0.2) is 0 Å². The molecular formula is C20H21N3O3. The molecule has 0 aliphatic carbocycles. The molecule has 0 N–H and O–H groups in total. The highest BCUT2D eigenvalue weighted by atomic mass is 16.5. The summed E-state index contributed by atoms with van der Waals surface area (Å²) in [5.74, 6) is 1.38. The lowest BCUT2D eigenvalue weighted by atomic mass is 10.1. The minimum atomic E-state index is -0.108. The van der Waals surface area contributed by atoms with Gasteiger partial charge in [0.25, 0.3) is 0 Å². The van der Waals surface area contributed by atoms with Crippen LogP contribution in [0.1, 0.15) is 17.0 Å². The predicted molar refractivity (Wildman–Crippen MR) is 99.3 cm³/mol. The van der Waals surface area contributed by atoms with Gasteiger partial charge in [-0.2, -0.15) is 4.98 Å². The Bertz CT molecular complexity index is 916. The van der Waals surface area contributed by atoms with E-state index in [1.165, 1.54) is 0 Å². The molecule has 0 unspecified atom stereocenters. The molecule has 0 bridgehead atoms. The third-order valence-corrected chi connectivity index (χ3v) is 4.22. The molecule has 26 heavy (non-hydrogen) atoms. The molecule has 3 aromatic rings. The van der Waals surface area contributed by atoms with Crippen LogP contribution in [0.2, 0.25) is 0 Å². The molecule has 134 valence electrons. The fourth-order valence-corrected chi connectivity index (χ4v) is 2.65. The molecule has 0 aliphatic heterocycles. The number of benzene rings is 2. The molecule has 1 heterocycles. The van der Waals surface area contributed by atoms with Gasteiger partial charge in [0, 0.05) is 18.3 Å². The average molecular weight is 351 g/mol. The minimum Gasteiger partial charge on any atom is -0.497 e. The predicted octanol–water partition coefficient (Wildman–Crippen LogP) is 3.57. The highest BCUT2D eigenvalue weighted by molar-refractivity contribution is 5.94. The van der Waals surface area contributed by atoms with Crippen molar-refractivity contribution in [2.45, 2.75) is 20.3 Å². The number of aromatic nitrogens is 2. The van der Waals surface area contributed by atoms with E-state index in [0.717, 1.165) is 28.1 Å². The van der Waals surface area contributed by atoms with Crippen molar-refractivity contribution in [3.8, 4) is 17.1 Å². The maximum Gasteiger partial charge on any atom is 0.236 e. The summed E-state index contributed by atoms with van der Waals surface area (Å²) in [5.41, 5.74) is 3.82.